The third kappa shape index (κ3) is 7.10. The van der Waals surface area contributed by atoms with Crippen LogP contribution in [0.1, 0.15) is 32.0 Å². The first kappa shape index (κ1) is 24.8. The van der Waals surface area contributed by atoms with E-state index in [1.807, 2.05) is 6.07 Å². The third-order valence-corrected chi connectivity index (χ3v) is 4.99. The molecule has 8 nitrogen and oxygen atoms in total. The van der Waals surface area contributed by atoms with Crippen LogP contribution < -0.4 is 15.4 Å². The predicted octanol–water partition coefficient (Wildman–Crippen LogP) is 4.74. The number of nitrogens with one attached hydrogen (secondary N) is 2. The Bertz CT molecular complexity index is 1480. The van der Waals surface area contributed by atoms with Crippen molar-refractivity contribution >= 4 is 29.2 Å². The maximum atomic E-state index is 12.4. The zero-order chi connectivity index (χ0) is 26.0. The second kappa shape index (κ2) is 11.9. The van der Waals surface area contributed by atoms with Crippen LogP contribution in [0.25, 0.3) is 0 Å². The van der Waals surface area contributed by atoms with Crippen molar-refractivity contribution in [2.24, 2.45) is 0 Å². The molecule has 184 valence electrons. The van der Waals surface area contributed by atoms with Crippen LogP contribution >= 0.6 is 0 Å². The molecule has 0 bridgehead atoms. The number of benzene rings is 3. The molecule has 1 aromatic heterocycles. The van der Waals surface area contributed by atoms with E-state index in [9.17, 15) is 14.4 Å². The number of ether oxygens (including phenoxy) is 2. The van der Waals surface area contributed by atoms with Gasteiger partial charge in [0.05, 0.1) is 18.9 Å². The molecule has 4 aromatic rings. The summed E-state index contributed by atoms with van der Waals surface area (Å²) in [6, 6.07) is 23.8. The second-order valence-corrected chi connectivity index (χ2v) is 7.70. The van der Waals surface area contributed by atoms with E-state index in [-0.39, 0.29) is 24.2 Å². The van der Waals surface area contributed by atoms with Crippen molar-refractivity contribution in [2.75, 3.05) is 24.4 Å². The Hall–Kier alpha value is -5.29. The number of carbonyl (C=O) groups excluding carboxylic acids is 3. The van der Waals surface area contributed by atoms with E-state index in [4.69, 9.17) is 13.9 Å². The molecule has 2 N–H and O–H groups in total. The number of furan rings is 1. The Morgan fingerprint density at radius 2 is 1.51 bits per heavy atom. The average Bonchev–Trinajstić information content (AvgIpc) is 3.46. The number of hydrogen-bond donors (Lipinski definition) is 2. The smallest absolute Gasteiger partial charge is 0.337 e. The van der Waals surface area contributed by atoms with Gasteiger partial charge in [-0.25, -0.2) is 4.79 Å². The van der Waals surface area contributed by atoms with Gasteiger partial charge in [0.25, 0.3) is 11.8 Å². The maximum Gasteiger partial charge on any atom is 0.337 e. The molecule has 0 fully saturated rings. The van der Waals surface area contributed by atoms with Crippen LogP contribution in [0.3, 0.4) is 0 Å². The lowest BCUT2D eigenvalue weighted by atomic mass is 10.1. The highest BCUT2D eigenvalue weighted by Gasteiger charge is 2.10. The summed E-state index contributed by atoms with van der Waals surface area (Å²) in [5.41, 5.74) is 2.82. The molecule has 0 atom stereocenters. The Kier molecular flexibility index (Phi) is 7.99. The third-order valence-electron chi connectivity index (χ3n) is 4.99. The maximum absolute atomic E-state index is 12.4. The van der Waals surface area contributed by atoms with Crippen molar-refractivity contribution in [2.45, 2.75) is 0 Å². The molecule has 0 aliphatic rings. The highest BCUT2D eigenvalue weighted by atomic mass is 16.5. The molecule has 0 unspecified atom stereocenters. The van der Waals surface area contributed by atoms with E-state index in [0.717, 1.165) is 0 Å². The van der Waals surface area contributed by atoms with Crippen molar-refractivity contribution in [3.63, 3.8) is 0 Å². The fraction of sp³-hybridized carbons (Fsp3) is 0.0690. The molecule has 4 rings (SSSR count). The van der Waals surface area contributed by atoms with Gasteiger partial charge in [0.15, 0.2) is 12.4 Å². The van der Waals surface area contributed by atoms with Gasteiger partial charge in [-0.1, -0.05) is 30.0 Å². The summed E-state index contributed by atoms with van der Waals surface area (Å²) in [6.45, 7) is -0.230. The Balaban J connectivity index is 1.33. The lowest BCUT2D eigenvalue weighted by Crippen LogP contribution is -2.20. The van der Waals surface area contributed by atoms with Crippen molar-refractivity contribution in [1.82, 2.24) is 0 Å². The lowest BCUT2D eigenvalue weighted by molar-refractivity contribution is -0.118. The largest absolute Gasteiger partial charge is 0.484 e. The van der Waals surface area contributed by atoms with Gasteiger partial charge < -0.3 is 24.5 Å². The van der Waals surface area contributed by atoms with Gasteiger partial charge in [0.2, 0.25) is 0 Å². The standard InChI is InChI=1S/C29H22N2O6/c1-35-29(34)22-8-2-6-20(16-22)13-14-21-7-3-9-23(17-21)30-27(32)19-37-25-11-4-10-24(18-25)31-28(33)26-12-5-15-36-26/h2-12,15-18H,19H2,1H3,(H,30,32)(H,31,33). The molecule has 37 heavy (non-hydrogen) atoms. The van der Waals surface area contributed by atoms with Crippen LogP contribution in [0, 0.1) is 11.8 Å². The first-order valence-electron chi connectivity index (χ1n) is 11.2. The first-order chi connectivity index (χ1) is 18.0. The van der Waals surface area contributed by atoms with E-state index in [0.29, 0.717) is 33.8 Å². The molecule has 2 amide bonds. The minimum Gasteiger partial charge on any atom is -0.484 e. The molecular weight excluding hydrogens is 472 g/mol. The zero-order valence-corrected chi connectivity index (χ0v) is 19.8. The minimum atomic E-state index is -0.430. The fourth-order valence-corrected chi connectivity index (χ4v) is 3.27. The van der Waals surface area contributed by atoms with Crippen LogP contribution in [0.4, 0.5) is 11.4 Å². The van der Waals surface area contributed by atoms with E-state index in [2.05, 4.69) is 22.5 Å². The Morgan fingerprint density at radius 3 is 2.24 bits per heavy atom. The van der Waals surface area contributed by atoms with Gasteiger partial charge in [0, 0.05) is 28.6 Å². The summed E-state index contributed by atoms with van der Waals surface area (Å²) in [5.74, 6) is 5.45. The quantitative estimate of drug-likeness (QED) is 0.284. The molecule has 0 saturated heterocycles. The van der Waals surface area contributed by atoms with Gasteiger partial charge in [-0.3, -0.25) is 9.59 Å². The molecule has 0 aliphatic carbocycles. The lowest BCUT2D eigenvalue weighted by Gasteiger charge is -2.09. The predicted molar refractivity (Wildman–Crippen MR) is 137 cm³/mol. The van der Waals surface area contributed by atoms with E-state index in [1.54, 1.807) is 78.9 Å². The van der Waals surface area contributed by atoms with Gasteiger partial charge in [0.1, 0.15) is 5.75 Å². The van der Waals surface area contributed by atoms with Gasteiger partial charge in [-0.15, -0.1) is 0 Å². The van der Waals surface area contributed by atoms with Crippen LogP contribution in [0.2, 0.25) is 0 Å². The van der Waals surface area contributed by atoms with Gasteiger partial charge in [-0.2, -0.15) is 0 Å². The normalized spacial score (nSPS) is 9.97. The zero-order valence-electron chi connectivity index (χ0n) is 19.8. The number of amides is 2. The molecule has 0 saturated carbocycles. The SMILES string of the molecule is COC(=O)c1cccc(C#Cc2cccc(NC(=O)COc3cccc(NC(=O)c4ccco4)c3)c2)c1. The molecule has 0 radical (unpaired) electrons. The van der Waals surface area contributed by atoms with E-state index >= 15 is 0 Å². The highest BCUT2D eigenvalue weighted by Crippen LogP contribution is 2.19. The van der Waals surface area contributed by atoms with Crippen molar-refractivity contribution in [1.29, 1.82) is 0 Å². The van der Waals surface area contributed by atoms with E-state index in [1.165, 1.54) is 13.4 Å². The number of carbonyl (C=O) groups is 3. The summed E-state index contributed by atoms with van der Waals surface area (Å²) in [7, 11) is 1.33. The van der Waals surface area contributed by atoms with Crippen molar-refractivity contribution < 1.29 is 28.3 Å². The summed E-state index contributed by atoms with van der Waals surface area (Å²) >= 11 is 0. The molecule has 0 spiro atoms. The number of hydrogen-bond acceptors (Lipinski definition) is 6. The second-order valence-electron chi connectivity index (χ2n) is 7.70. The highest BCUT2D eigenvalue weighted by molar-refractivity contribution is 6.02. The Labute approximate surface area is 213 Å². The topological polar surface area (TPSA) is 107 Å². The van der Waals surface area contributed by atoms with Gasteiger partial charge in [-0.05, 0) is 60.7 Å². The Morgan fingerprint density at radius 1 is 0.811 bits per heavy atom. The van der Waals surface area contributed by atoms with Gasteiger partial charge >= 0.3 is 5.97 Å². The molecular formula is C29H22N2O6. The number of methoxy groups -OCH3 is 1. The number of esters is 1. The van der Waals surface area contributed by atoms with Crippen LogP contribution in [0.5, 0.6) is 5.75 Å². The molecule has 0 aliphatic heterocycles. The first-order valence-corrected chi connectivity index (χ1v) is 11.2. The molecule has 8 heteroatoms. The van der Waals surface area contributed by atoms with Crippen LogP contribution in [-0.4, -0.2) is 31.5 Å². The molecule has 1 heterocycles. The summed E-state index contributed by atoms with van der Waals surface area (Å²) in [6.07, 6.45) is 1.42. The number of anilines is 2. The monoisotopic (exact) mass is 494 g/mol. The van der Waals surface area contributed by atoms with Crippen molar-refractivity contribution in [3.05, 3.63) is 114 Å². The molecule has 3 aromatic carbocycles. The minimum absolute atomic E-state index is 0.187. The summed E-state index contributed by atoms with van der Waals surface area (Å²) in [4.78, 5) is 36.2. The fourth-order valence-electron chi connectivity index (χ4n) is 3.27. The van der Waals surface area contributed by atoms with Crippen molar-refractivity contribution in [3.8, 4) is 17.6 Å². The number of rotatable bonds is 7. The van der Waals surface area contributed by atoms with E-state index < -0.39 is 5.97 Å². The van der Waals surface area contributed by atoms with Crippen LogP contribution in [0.15, 0.2) is 95.6 Å². The summed E-state index contributed by atoms with van der Waals surface area (Å²) < 4.78 is 15.4. The average molecular weight is 495 g/mol. The van der Waals surface area contributed by atoms with Crippen LogP contribution in [-0.2, 0) is 9.53 Å². The summed E-state index contributed by atoms with van der Waals surface area (Å²) in [5, 5.41) is 5.48.